The number of ether oxygens (including phenoxy) is 3. The van der Waals surface area contributed by atoms with Crippen molar-refractivity contribution in [1.82, 2.24) is 19.9 Å². The fourth-order valence-corrected chi connectivity index (χ4v) is 3.95. The highest BCUT2D eigenvalue weighted by Crippen LogP contribution is 2.28. The monoisotopic (exact) mass is 450 g/mol. The van der Waals surface area contributed by atoms with Gasteiger partial charge in [-0.3, -0.25) is 9.78 Å². The Balaban J connectivity index is 1.58. The van der Waals surface area contributed by atoms with Crippen LogP contribution in [0, 0.1) is 5.92 Å². The average molecular weight is 451 g/mol. The van der Waals surface area contributed by atoms with Crippen LogP contribution in [0.3, 0.4) is 0 Å². The third-order valence-corrected chi connectivity index (χ3v) is 6.12. The molecule has 174 valence electrons. The highest BCUT2D eigenvalue weighted by atomic mass is 16.5. The minimum absolute atomic E-state index is 0.0221. The van der Waals surface area contributed by atoms with Crippen molar-refractivity contribution < 1.29 is 19.0 Å². The van der Waals surface area contributed by atoms with Gasteiger partial charge in [0.2, 0.25) is 11.8 Å². The molecule has 3 atom stereocenters. The summed E-state index contributed by atoms with van der Waals surface area (Å²) in [5, 5.41) is 0. The maximum atomic E-state index is 11.8. The zero-order valence-corrected chi connectivity index (χ0v) is 19.5. The van der Waals surface area contributed by atoms with E-state index in [2.05, 4.69) is 16.9 Å². The van der Waals surface area contributed by atoms with E-state index in [1.807, 2.05) is 42.2 Å². The molecule has 1 aliphatic heterocycles. The molecule has 0 saturated carbocycles. The van der Waals surface area contributed by atoms with Crippen LogP contribution in [0.5, 0.6) is 5.88 Å². The van der Waals surface area contributed by atoms with Gasteiger partial charge in [0, 0.05) is 51.0 Å². The fraction of sp³-hybridized carbons (Fsp3) is 0.440. The minimum Gasteiger partial charge on any atom is -0.473 e. The molecule has 4 rings (SSSR count). The molecule has 0 radical (unpaired) electrons. The van der Waals surface area contributed by atoms with Gasteiger partial charge in [-0.15, -0.1) is 0 Å². The molecule has 8 heteroatoms. The van der Waals surface area contributed by atoms with Crippen LogP contribution in [0.4, 0.5) is 0 Å². The number of methoxy groups -OCH3 is 1. The normalized spacial score (nSPS) is 19.8. The second kappa shape index (κ2) is 10.2. The van der Waals surface area contributed by atoms with Crippen molar-refractivity contribution >= 4 is 16.9 Å². The lowest BCUT2D eigenvalue weighted by atomic mass is 10.0. The predicted octanol–water partition coefficient (Wildman–Crippen LogP) is 3.66. The predicted molar refractivity (Wildman–Crippen MR) is 125 cm³/mol. The topological polar surface area (TPSA) is 86.7 Å². The highest BCUT2D eigenvalue weighted by Gasteiger charge is 2.27. The van der Waals surface area contributed by atoms with Crippen molar-refractivity contribution in [1.29, 1.82) is 0 Å². The summed E-state index contributed by atoms with van der Waals surface area (Å²) >= 11 is 0. The van der Waals surface area contributed by atoms with Gasteiger partial charge >= 0.3 is 0 Å². The molecule has 3 aromatic rings. The third kappa shape index (κ3) is 5.29. The van der Waals surface area contributed by atoms with E-state index in [0.717, 1.165) is 16.8 Å². The first-order valence-electron chi connectivity index (χ1n) is 11.2. The van der Waals surface area contributed by atoms with E-state index in [1.54, 1.807) is 26.4 Å². The molecule has 33 heavy (non-hydrogen) atoms. The van der Waals surface area contributed by atoms with Gasteiger partial charge in [0.25, 0.3) is 0 Å². The number of carbonyl (C=O) groups is 1. The Morgan fingerprint density at radius 3 is 2.73 bits per heavy atom. The quantitative estimate of drug-likeness (QED) is 0.566. The summed E-state index contributed by atoms with van der Waals surface area (Å²) in [7, 11) is 1.70. The van der Waals surface area contributed by atoms with Crippen LogP contribution in [-0.4, -0.2) is 65.3 Å². The molecule has 1 aliphatic rings. The zero-order valence-electron chi connectivity index (χ0n) is 19.5. The number of hydrogen-bond donors (Lipinski definition) is 0. The number of hydrogen-bond acceptors (Lipinski definition) is 7. The largest absolute Gasteiger partial charge is 0.473 e. The molecule has 1 aromatic carbocycles. The van der Waals surface area contributed by atoms with E-state index in [0.29, 0.717) is 43.2 Å². The van der Waals surface area contributed by atoms with Crippen LogP contribution >= 0.6 is 0 Å². The standard InChI is InChI=1S/C25H30N4O4/c1-16-14-29(18(3)30)11-12-32-23(16)15-33-25-24-22(26-9-10-27-24)13-21(28-25)20-7-5-19(6-8-20)17(2)31-4/h5-10,13,16-17,23H,11-12,14-15H2,1-4H3. The average Bonchev–Trinajstić information content (AvgIpc) is 3.03. The molecular formula is C25H30N4O4. The van der Waals surface area contributed by atoms with E-state index >= 15 is 0 Å². The molecule has 8 nitrogen and oxygen atoms in total. The number of amides is 1. The second-order valence-electron chi connectivity index (χ2n) is 8.40. The second-order valence-corrected chi connectivity index (χ2v) is 8.40. The van der Waals surface area contributed by atoms with Crippen molar-refractivity contribution in [3.63, 3.8) is 0 Å². The van der Waals surface area contributed by atoms with Crippen molar-refractivity contribution in [2.75, 3.05) is 33.4 Å². The van der Waals surface area contributed by atoms with Gasteiger partial charge in [-0.1, -0.05) is 31.2 Å². The lowest BCUT2D eigenvalue weighted by Gasteiger charge is -2.24. The molecule has 2 aromatic heterocycles. The molecule has 0 spiro atoms. The summed E-state index contributed by atoms with van der Waals surface area (Å²) in [6.45, 7) is 7.71. The van der Waals surface area contributed by atoms with Crippen LogP contribution in [0.25, 0.3) is 22.3 Å². The van der Waals surface area contributed by atoms with Crippen molar-refractivity contribution in [2.24, 2.45) is 5.92 Å². The SMILES string of the molecule is COC(C)c1ccc(-c2cc3nccnc3c(OCC3OCCN(C(C)=O)CC3C)n2)cc1. The maximum absolute atomic E-state index is 11.8. The Morgan fingerprint density at radius 2 is 2.00 bits per heavy atom. The summed E-state index contributed by atoms with van der Waals surface area (Å²) in [5.41, 5.74) is 4.13. The van der Waals surface area contributed by atoms with Crippen molar-refractivity contribution in [3.8, 4) is 17.1 Å². The Morgan fingerprint density at radius 1 is 1.24 bits per heavy atom. The van der Waals surface area contributed by atoms with Crippen LogP contribution < -0.4 is 4.74 Å². The fourth-order valence-electron chi connectivity index (χ4n) is 3.95. The number of pyridine rings is 1. The number of fused-ring (bicyclic) bond motifs is 1. The third-order valence-electron chi connectivity index (χ3n) is 6.12. The first kappa shape index (κ1) is 23.1. The van der Waals surface area contributed by atoms with Crippen LogP contribution in [0.15, 0.2) is 42.7 Å². The van der Waals surface area contributed by atoms with Crippen LogP contribution in [0.2, 0.25) is 0 Å². The first-order chi connectivity index (χ1) is 16.0. The van der Waals surface area contributed by atoms with E-state index < -0.39 is 0 Å². The van der Waals surface area contributed by atoms with E-state index in [9.17, 15) is 4.79 Å². The maximum Gasteiger partial charge on any atom is 0.242 e. The molecule has 1 amide bonds. The Hall–Kier alpha value is -3.10. The molecule has 1 saturated heterocycles. The highest BCUT2D eigenvalue weighted by molar-refractivity contribution is 5.83. The minimum atomic E-state index is -0.152. The Bertz CT molecular complexity index is 1110. The summed E-state index contributed by atoms with van der Waals surface area (Å²) in [6, 6.07) is 10.0. The lowest BCUT2D eigenvalue weighted by molar-refractivity contribution is -0.129. The van der Waals surface area contributed by atoms with Crippen molar-refractivity contribution in [2.45, 2.75) is 33.0 Å². The molecule has 1 fully saturated rings. The van der Waals surface area contributed by atoms with Gasteiger partial charge < -0.3 is 19.1 Å². The number of carbonyl (C=O) groups excluding carboxylic acids is 1. The van der Waals surface area contributed by atoms with Gasteiger partial charge in [0.15, 0.2) is 5.52 Å². The Labute approximate surface area is 193 Å². The Kier molecular flexibility index (Phi) is 7.15. The molecular weight excluding hydrogens is 420 g/mol. The number of aromatic nitrogens is 3. The molecule has 3 heterocycles. The molecule has 3 unspecified atom stereocenters. The lowest BCUT2D eigenvalue weighted by Crippen LogP contribution is -2.36. The summed E-state index contributed by atoms with van der Waals surface area (Å²) in [4.78, 5) is 27.3. The van der Waals surface area contributed by atoms with Gasteiger partial charge in [-0.05, 0) is 18.6 Å². The van der Waals surface area contributed by atoms with E-state index in [4.69, 9.17) is 19.2 Å². The molecule has 0 aliphatic carbocycles. The van der Waals surface area contributed by atoms with Gasteiger partial charge in [-0.2, -0.15) is 0 Å². The first-order valence-corrected chi connectivity index (χ1v) is 11.2. The number of rotatable bonds is 6. The van der Waals surface area contributed by atoms with E-state index in [-0.39, 0.29) is 24.0 Å². The van der Waals surface area contributed by atoms with Crippen molar-refractivity contribution in [3.05, 3.63) is 48.3 Å². The van der Waals surface area contributed by atoms with E-state index in [1.165, 1.54) is 0 Å². The number of nitrogens with zero attached hydrogens (tertiary/aromatic N) is 4. The summed E-state index contributed by atoms with van der Waals surface area (Å²) in [5.74, 6) is 0.620. The summed E-state index contributed by atoms with van der Waals surface area (Å²) < 4.78 is 17.6. The smallest absolute Gasteiger partial charge is 0.242 e. The molecule has 0 N–H and O–H groups in total. The van der Waals surface area contributed by atoms with Gasteiger partial charge in [0.05, 0.1) is 30.0 Å². The summed E-state index contributed by atoms with van der Waals surface area (Å²) in [6.07, 6.45) is 3.16. The van der Waals surface area contributed by atoms with Crippen LogP contribution in [0.1, 0.15) is 32.4 Å². The molecule has 0 bridgehead atoms. The van der Waals surface area contributed by atoms with Crippen LogP contribution in [-0.2, 0) is 14.3 Å². The zero-order chi connectivity index (χ0) is 23.4. The van der Waals surface area contributed by atoms with Gasteiger partial charge in [-0.25, -0.2) is 9.97 Å². The van der Waals surface area contributed by atoms with Gasteiger partial charge in [0.1, 0.15) is 6.61 Å². The number of benzene rings is 1.